The van der Waals surface area contributed by atoms with Crippen molar-refractivity contribution >= 4 is 16.9 Å². The number of ether oxygens (including phenoxy) is 3. The van der Waals surface area contributed by atoms with Crippen molar-refractivity contribution in [1.29, 1.82) is 0 Å². The number of methoxy groups -OCH3 is 1. The fourth-order valence-electron chi connectivity index (χ4n) is 2.79. The van der Waals surface area contributed by atoms with Crippen LogP contribution in [0.2, 0.25) is 0 Å². The summed E-state index contributed by atoms with van der Waals surface area (Å²) in [7, 11) is 1.50. The first kappa shape index (κ1) is 21.3. The largest absolute Gasteiger partial charge is 0.490 e. The Kier molecular flexibility index (Phi) is 7.44. The van der Waals surface area contributed by atoms with Gasteiger partial charge in [-0.2, -0.15) is 0 Å². The molecule has 0 spiro atoms. The molecule has 2 aromatic rings. The van der Waals surface area contributed by atoms with Gasteiger partial charge in [0.15, 0.2) is 11.3 Å². The van der Waals surface area contributed by atoms with Crippen molar-refractivity contribution in [2.45, 2.75) is 40.2 Å². The molecule has 0 unspecified atom stereocenters. The van der Waals surface area contributed by atoms with Crippen LogP contribution >= 0.6 is 0 Å². The van der Waals surface area contributed by atoms with E-state index in [4.69, 9.17) is 18.6 Å². The molecule has 0 aliphatic rings. The van der Waals surface area contributed by atoms with Crippen molar-refractivity contribution in [3.8, 4) is 11.5 Å². The van der Waals surface area contributed by atoms with Crippen molar-refractivity contribution in [2.24, 2.45) is 0 Å². The molecule has 0 fully saturated rings. The summed E-state index contributed by atoms with van der Waals surface area (Å²) >= 11 is 0. The van der Waals surface area contributed by atoms with Gasteiger partial charge in [-0.1, -0.05) is 11.1 Å². The minimum Gasteiger partial charge on any atom is -0.490 e. The average molecular weight is 386 g/mol. The van der Waals surface area contributed by atoms with Crippen LogP contribution in [0.5, 0.6) is 11.5 Å². The van der Waals surface area contributed by atoms with Crippen molar-refractivity contribution in [2.75, 3.05) is 13.7 Å². The molecular formula is C22H26O6. The number of esters is 1. The maximum Gasteiger partial charge on any atom is 0.336 e. The molecule has 6 heteroatoms. The Morgan fingerprint density at radius 2 is 1.86 bits per heavy atom. The summed E-state index contributed by atoms with van der Waals surface area (Å²) in [6.07, 6.45) is 4.12. The Labute approximate surface area is 164 Å². The lowest BCUT2D eigenvalue weighted by molar-refractivity contribution is -0.144. The summed E-state index contributed by atoms with van der Waals surface area (Å²) in [4.78, 5) is 22.8. The highest BCUT2D eigenvalue weighted by molar-refractivity contribution is 5.85. The van der Waals surface area contributed by atoms with Gasteiger partial charge in [-0.25, -0.2) is 4.79 Å². The number of allylic oxidation sites excluding steroid dienone is 1. The molecule has 1 aromatic heterocycles. The number of benzene rings is 1. The Bertz CT molecular complexity index is 947. The topological polar surface area (TPSA) is 75.0 Å². The van der Waals surface area contributed by atoms with Gasteiger partial charge in [0, 0.05) is 24.8 Å². The molecular weight excluding hydrogens is 360 g/mol. The van der Waals surface area contributed by atoms with Crippen LogP contribution in [-0.2, 0) is 9.53 Å². The second-order valence-electron chi connectivity index (χ2n) is 6.73. The molecule has 0 N–H and O–H groups in total. The third-order valence-electron chi connectivity index (χ3n) is 3.94. The Hall–Kier alpha value is -3.02. The second-order valence-corrected chi connectivity index (χ2v) is 6.73. The number of hydrogen-bond acceptors (Lipinski definition) is 6. The molecule has 150 valence electrons. The fraction of sp³-hybridized carbons (Fsp3) is 0.364. The summed E-state index contributed by atoms with van der Waals surface area (Å²) < 4.78 is 21.8. The van der Waals surface area contributed by atoms with E-state index in [1.165, 1.54) is 20.1 Å². The summed E-state index contributed by atoms with van der Waals surface area (Å²) in [6.45, 7) is 7.58. The van der Waals surface area contributed by atoms with Crippen LogP contribution in [0.4, 0.5) is 0 Å². The van der Waals surface area contributed by atoms with E-state index in [9.17, 15) is 9.59 Å². The van der Waals surface area contributed by atoms with Crippen molar-refractivity contribution in [3.63, 3.8) is 0 Å². The SMILES string of the molecule is COc1c(OCC=C(C)C[C@H](C=C(C)C)OC(C)=O)ccc2ccc(=O)oc12. The number of carbonyl (C=O) groups is 1. The first-order chi connectivity index (χ1) is 13.3. The van der Waals surface area contributed by atoms with E-state index in [-0.39, 0.29) is 12.1 Å². The van der Waals surface area contributed by atoms with Gasteiger partial charge < -0.3 is 18.6 Å². The maximum atomic E-state index is 11.5. The molecule has 0 radical (unpaired) electrons. The second kappa shape index (κ2) is 9.78. The third kappa shape index (κ3) is 6.01. The fourth-order valence-corrected chi connectivity index (χ4v) is 2.79. The molecule has 1 atom stereocenters. The Morgan fingerprint density at radius 1 is 1.14 bits per heavy atom. The standard InChI is InChI=1S/C22H26O6/c1-14(2)12-18(27-16(4)23)13-15(3)10-11-26-19-8-6-17-7-9-20(24)28-21(17)22(19)25-5/h6-10,12,18H,11,13H2,1-5H3/t18-/m0/s1. The van der Waals surface area contributed by atoms with Crippen LogP contribution in [0.1, 0.15) is 34.1 Å². The molecule has 1 aromatic carbocycles. The molecule has 0 bridgehead atoms. The van der Waals surface area contributed by atoms with E-state index in [1.807, 2.05) is 32.9 Å². The summed E-state index contributed by atoms with van der Waals surface area (Å²) in [6, 6.07) is 6.61. The molecule has 2 rings (SSSR count). The van der Waals surface area contributed by atoms with E-state index in [2.05, 4.69) is 0 Å². The summed E-state index contributed by atoms with van der Waals surface area (Å²) in [5, 5.41) is 0.751. The Balaban J connectivity index is 2.11. The van der Waals surface area contributed by atoms with Crippen LogP contribution in [0, 0.1) is 0 Å². The van der Waals surface area contributed by atoms with Gasteiger partial charge >= 0.3 is 11.6 Å². The molecule has 1 heterocycles. The van der Waals surface area contributed by atoms with Gasteiger partial charge in [-0.15, -0.1) is 0 Å². The van der Waals surface area contributed by atoms with E-state index in [1.54, 1.807) is 18.2 Å². The monoisotopic (exact) mass is 386 g/mol. The van der Waals surface area contributed by atoms with Crippen molar-refractivity contribution in [1.82, 2.24) is 0 Å². The normalized spacial score (nSPS) is 12.4. The van der Waals surface area contributed by atoms with Crippen LogP contribution in [0.15, 0.2) is 56.8 Å². The van der Waals surface area contributed by atoms with Crippen LogP contribution in [-0.4, -0.2) is 25.8 Å². The third-order valence-corrected chi connectivity index (χ3v) is 3.94. The zero-order chi connectivity index (χ0) is 20.7. The lowest BCUT2D eigenvalue weighted by Gasteiger charge is -2.15. The highest BCUT2D eigenvalue weighted by atomic mass is 16.5. The predicted molar refractivity (Wildman–Crippen MR) is 108 cm³/mol. The van der Waals surface area contributed by atoms with Gasteiger partial charge in [0.1, 0.15) is 12.7 Å². The molecule has 0 aliphatic carbocycles. The smallest absolute Gasteiger partial charge is 0.336 e. The van der Waals surface area contributed by atoms with E-state index >= 15 is 0 Å². The average Bonchev–Trinajstić information content (AvgIpc) is 2.60. The quantitative estimate of drug-likeness (QED) is 0.380. The molecule has 0 saturated heterocycles. The minimum absolute atomic E-state index is 0.298. The molecule has 0 saturated carbocycles. The zero-order valence-electron chi connectivity index (χ0n) is 16.9. The van der Waals surface area contributed by atoms with Gasteiger partial charge in [0.2, 0.25) is 5.75 Å². The van der Waals surface area contributed by atoms with E-state index in [0.717, 1.165) is 16.5 Å². The highest BCUT2D eigenvalue weighted by Gasteiger charge is 2.13. The lowest BCUT2D eigenvalue weighted by Crippen LogP contribution is -2.14. The van der Waals surface area contributed by atoms with E-state index in [0.29, 0.717) is 30.1 Å². The number of hydrogen-bond donors (Lipinski definition) is 0. The summed E-state index contributed by atoms with van der Waals surface area (Å²) in [5.74, 6) is 0.548. The predicted octanol–water partition coefficient (Wildman–Crippen LogP) is 4.41. The minimum atomic E-state index is -0.450. The van der Waals surface area contributed by atoms with Gasteiger partial charge in [0.25, 0.3) is 0 Å². The van der Waals surface area contributed by atoms with Crippen LogP contribution < -0.4 is 15.1 Å². The number of rotatable bonds is 8. The van der Waals surface area contributed by atoms with Crippen LogP contribution in [0.3, 0.4) is 0 Å². The zero-order valence-corrected chi connectivity index (χ0v) is 16.9. The van der Waals surface area contributed by atoms with Crippen molar-refractivity contribution in [3.05, 3.63) is 58.0 Å². The van der Waals surface area contributed by atoms with E-state index < -0.39 is 5.63 Å². The lowest BCUT2D eigenvalue weighted by atomic mass is 10.1. The van der Waals surface area contributed by atoms with Gasteiger partial charge in [-0.05, 0) is 51.1 Å². The maximum absolute atomic E-state index is 11.5. The molecule has 6 nitrogen and oxygen atoms in total. The van der Waals surface area contributed by atoms with Gasteiger partial charge in [0.05, 0.1) is 7.11 Å². The molecule has 28 heavy (non-hydrogen) atoms. The Morgan fingerprint density at radius 3 is 2.50 bits per heavy atom. The van der Waals surface area contributed by atoms with Gasteiger partial charge in [-0.3, -0.25) is 4.79 Å². The molecule has 0 aliphatic heterocycles. The van der Waals surface area contributed by atoms with Crippen LogP contribution in [0.25, 0.3) is 11.0 Å². The first-order valence-corrected chi connectivity index (χ1v) is 9.01. The highest BCUT2D eigenvalue weighted by Crippen LogP contribution is 2.34. The van der Waals surface area contributed by atoms with Crippen molar-refractivity contribution < 1.29 is 23.4 Å². The first-order valence-electron chi connectivity index (χ1n) is 9.01. The number of carbonyl (C=O) groups excluding carboxylic acids is 1. The molecule has 0 amide bonds. The summed E-state index contributed by atoms with van der Waals surface area (Å²) in [5.41, 5.74) is 2.01. The number of fused-ring (bicyclic) bond motifs is 1.